The van der Waals surface area contributed by atoms with Crippen molar-refractivity contribution in [1.82, 2.24) is 15.5 Å². The van der Waals surface area contributed by atoms with Crippen LogP contribution in [-0.4, -0.2) is 62.7 Å². The Kier molecular flexibility index (Phi) is 4.99. The summed E-state index contributed by atoms with van der Waals surface area (Å²) in [7, 11) is 3.26. The minimum absolute atomic E-state index is 0.0271. The van der Waals surface area contributed by atoms with Gasteiger partial charge in [0, 0.05) is 27.2 Å². The maximum atomic E-state index is 12.8. The van der Waals surface area contributed by atoms with E-state index in [1.165, 1.54) is 0 Å². The second-order valence-corrected chi connectivity index (χ2v) is 5.65. The second-order valence-electron chi connectivity index (χ2n) is 5.65. The summed E-state index contributed by atoms with van der Waals surface area (Å²) in [6.45, 7) is 2.83. The fourth-order valence-electron chi connectivity index (χ4n) is 3.20. The molecule has 2 rings (SSSR count). The first-order valence-electron chi connectivity index (χ1n) is 7.40. The molecule has 0 aromatic rings. The van der Waals surface area contributed by atoms with Gasteiger partial charge in [-0.2, -0.15) is 0 Å². The zero-order valence-corrected chi connectivity index (χ0v) is 12.4. The summed E-state index contributed by atoms with van der Waals surface area (Å²) < 4.78 is 5.58. The summed E-state index contributed by atoms with van der Waals surface area (Å²) in [6.07, 6.45) is 3.12. The fraction of sp³-hybridized carbons (Fsp3) is 0.857. The highest BCUT2D eigenvalue weighted by Crippen LogP contribution is 2.28. The van der Waals surface area contributed by atoms with Crippen LogP contribution in [0.5, 0.6) is 0 Å². The molecular formula is C14H25N3O3. The summed E-state index contributed by atoms with van der Waals surface area (Å²) in [5.41, 5.74) is -0.699. The standard InChI is InChI=1S/C14H25N3O3/c1-15-12(18)11-4-3-9-17(10-11)13(19)14(20-2)5-7-16-8-6-14/h11,16H,3-10H2,1-2H3,(H,15,18). The van der Waals surface area contributed by atoms with Gasteiger partial charge in [0.05, 0.1) is 5.92 Å². The van der Waals surface area contributed by atoms with Crippen molar-refractivity contribution in [1.29, 1.82) is 0 Å². The van der Waals surface area contributed by atoms with Crippen molar-refractivity contribution < 1.29 is 14.3 Å². The number of hydrogen-bond acceptors (Lipinski definition) is 4. The Bertz CT molecular complexity index is 367. The van der Waals surface area contributed by atoms with Crippen LogP contribution in [0.25, 0.3) is 0 Å². The number of amides is 2. The van der Waals surface area contributed by atoms with Gasteiger partial charge in [0.1, 0.15) is 5.60 Å². The molecule has 0 spiro atoms. The Morgan fingerprint density at radius 1 is 1.35 bits per heavy atom. The predicted molar refractivity (Wildman–Crippen MR) is 75.2 cm³/mol. The molecule has 2 aliphatic heterocycles. The van der Waals surface area contributed by atoms with E-state index < -0.39 is 5.60 Å². The molecule has 2 N–H and O–H groups in total. The van der Waals surface area contributed by atoms with Crippen LogP contribution in [0.1, 0.15) is 25.7 Å². The average Bonchev–Trinajstić information content (AvgIpc) is 2.54. The van der Waals surface area contributed by atoms with Crippen LogP contribution in [0.2, 0.25) is 0 Å². The van der Waals surface area contributed by atoms with Gasteiger partial charge in [0.2, 0.25) is 5.91 Å². The third kappa shape index (κ3) is 2.96. The number of piperidine rings is 2. The van der Waals surface area contributed by atoms with Crippen molar-refractivity contribution in [3.8, 4) is 0 Å². The van der Waals surface area contributed by atoms with E-state index in [0.29, 0.717) is 19.4 Å². The van der Waals surface area contributed by atoms with E-state index in [4.69, 9.17) is 4.74 Å². The number of hydrogen-bond donors (Lipinski definition) is 2. The molecule has 114 valence electrons. The van der Waals surface area contributed by atoms with Crippen LogP contribution in [0, 0.1) is 5.92 Å². The smallest absolute Gasteiger partial charge is 0.254 e. The lowest BCUT2D eigenvalue weighted by Crippen LogP contribution is -2.57. The molecular weight excluding hydrogens is 258 g/mol. The third-order valence-corrected chi connectivity index (χ3v) is 4.52. The van der Waals surface area contributed by atoms with E-state index in [2.05, 4.69) is 10.6 Å². The van der Waals surface area contributed by atoms with Crippen molar-refractivity contribution in [2.75, 3.05) is 40.3 Å². The van der Waals surface area contributed by atoms with Crippen molar-refractivity contribution in [3.05, 3.63) is 0 Å². The lowest BCUT2D eigenvalue weighted by atomic mass is 9.88. The zero-order valence-electron chi connectivity index (χ0n) is 12.4. The number of nitrogens with one attached hydrogen (secondary N) is 2. The second kappa shape index (κ2) is 6.54. The Morgan fingerprint density at radius 3 is 2.65 bits per heavy atom. The normalized spacial score (nSPS) is 26.1. The molecule has 2 saturated heterocycles. The Morgan fingerprint density at radius 2 is 2.05 bits per heavy atom. The maximum Gasteiger partial charge on any atom is 0.254 e. The zero-order chi connectivity index (χ0) is 14.6. The van der Waals surface area contributed by atoms with Crippen LogP contribution in [-0.2, 0) is 14.3 Å². The van der Waals surface area contributed by atoms with Gasteiger partial charge in [0.15, 0.2) is 0 Å². The van der Waals surface area contributed by atoms with Crippen molar-refractivity contribution >= 4 is 11.8 Å². The fourth-order valence-corrected chi connectivity index (χ4v) is 3.20. The van der Waals surface area contributed by atoms with E-state index in [9.17, 15) is 9.59 Å². The third-order valence-electron chi connectivity index (χ3n) is 4.52. The van der Waals surface area contributed by atoms with E-state index in [1.807, 2.05) is 4.90 Å². The molecule has 2 fully saturated rings. The number of carbonyl (C=O) groups excluding carboxylic acids is 2. The first-order valence-corrected chi connectivity index (χ1v) is 7.40. The summed E-state index contributed by atoms with van der Waals surface area (Å²) in [5, 5.41) is 5.93. The quantitative estimate of drug-likeness (QED) is 0.749. The van der Waals surface area contributed by atoms with Gasteiger partial charge >= 0.3 is 0 Å². The van der Waals surface area contributed by atoms with E-state index in [1.54, 1.807) is 14.2 Å². The van der Waals surface area contributed by atoms with Crippen molar-refractivity contribution in [2.24, 2.45) is 5.92 Å². The molecule has 0 bridgehead atoms. The average molecular weight is 283 g/mol. The van der Waals surface area contributed by atoms with Crippen molar-refractivity contribution in [3.63, 3.8) is 0 Å². The monoisotopic (exact) mass is 283 g/mol. The molecule has 6 nitrogen and oxygen atoms in total. The van der Waals surface area contributed by atoms with Crippen LogP contribution < -0.4 is 10.6 Å². The topological polar surface area (TPSA) is 70.7 Å². The number of likely N-dealkylation sites (tertiary alicyclic amines) is 1. The number of rotatable bonds is 3. The SMILES string of the molecule is CNC(=O)C1CCCN(C(=O)C2(OC)CCNCC2)C1. The van der Waals surface area contributed by atoms with E-state index in [-0.39, 0.29) is 17.7 Å². The largest absolute Gasteiger partial charge is 0.368 e. The predicted octanol–water partition coefficient (Wildman–Crippen LogP) is -0.260. The highest BCUT2D eigenvalue weighted by atomic mass is 16.5. The summed E-state index contributed by atoms with van der Waals surface area (Å²) in [4.78, 5) is 26.4. The van der Waals surface area contributed by atoms with Crippen LogP contribution >= 0.6 is 0 Å². The molecule has 2 aliphatic rings. The molecule has 1 unspecified atom stereocenters. The first kappa shape index (κ1) is 15.3. The summed E-state index contributed by atoms with van der Waals surface area (Å²) in [6, 6.07) is 0. The van der Waals surface area contributed by atoms with Gasteiger partial charge in [-0.05, 0) is 38.8 Å². The minimum Gasteiger partial charge on any atom is -0.368 e. The van der Waals surface area contributed by atoms with Gasteiger partial charge in [-0.3, -0.25) is 9.59 Å². The maximum absolute atomic E-state index is 12.8. The molecule has 6 heteroatoms. The van der Waals surface area contributed by atoms with E-state index >= 15 is 0 Å². The number of ether oxygens (including phenoxy) is 1. The van der Waals surface area contributed by atoms with Crippen LogP contribution in [0.4, 0.5) is 0 Å². The Labute approximate surface area is 120 Å². The van der Waals surface area contributed by atoms with Crippen LogP contribution in [0.3, 0.4) is 0 Å². The molecule has 0 aromatic carbocycles. The van der Waals surface area contributed by atoms with Crippen molar-refractivity contribution in [2.45, 2.75) is 31.3 Å². The summed E-state index contributed by atoms with van der Waals surface area (Å²) >= 11 is 0. The molecule has 0 aromatic heterocycles. The van der Waals surface area contributed by atoms with Gasteiger partial charge < -0.3 is 20.3 Å². The summed E-state index contributed by atoms with van der Waals surface area (Å²) in [5.74, 6) is -0.0114. The minimum atomic E-state index is -0.699. The van der Waals surface area contributed by atoms with Crippen LogP contribution in [0.15, 0.2) is 0 Å². The molecule has 0 saturated carbocycles. The molecule has 2 amide bonds. The Balaban J connectivity index is 2.05. The highest BCUT2D eigenvalue weighted by Gasteiger charge is 2.43. The molecule has 0 radical (unpaired) electrons. The molecule has 20 heavy (non-hydrogen) atoms. The number of nitrogens with zero attached hydrogens (tertiary/aromatic N) is 1. The van der Waals surface area contributed by atoms with E-state index in [0.717, 1.165) is 32.5 Å². The molecule has 0 aliphatic carbocycles. The van der Waals surface area contributed by atoms with Gasteiger partial charge in [0.25, 0.3) is 5.91 Å². The van der Waals surface area contributed by atoms with Gasteiger partial charge in [-0.1, -0.05) is 0 Å². The molecule has 1 atom stereocenters. The first-order chi connectivity index (χ1) is 9.63. The Hall–Kier alpha value is -1.14. The van der Waals surface area contributed by atoms with Gasteiger partial charge in [-0.25, -0.2) is 0 Å². The molecule has 2 heterocycles. The van der Waals surface area contributed by atoms with Gasteiger partial charge in [-0.15, -0.1) is 0 Å². The number of methoxy groups -OCH3 is 1. The lowest BCUT2D eigenvalue weighted by Gasteiger charge is -2.41. The highest BCUT2D eigenvalue weighted by molar-refractivity contribution is 5.86. The number of carbonyl (C=O) groups is 2. The lowest BCUT2D eigenvalue weighted by molar-refractivity contribution is -0.160.